The van der Waals surface area contributed by atoms with Crippen molar-refractivity contribution in [2.75, 3.05) is 13.1 Å². The van der Waals surface area contributed by atoms with E-state index in [9.17, 15) is 0 Å². The van der Waals surface area contributed by atoms with Crippen molar-refractivity contribution in [3.63, 3.8) is 0 Å². The fourth-order valence-electron chi connectivity index (χ4n) is 2.91. The first-order valence-electron chi connectivity index (χ1n) is 7.50. The van der Waals surface area contributed by atoms with Crippen LogP contribution >= 0.6 is 15.9 Å². The minimum absolute atomic E-state index is 0.386. The molecule has 1 atom stereocenters. The van der Waals surface area contributed by atoms with Crippen LogP contribution in [0.5, 0.6) is 0 Å². The predicted octanol–water partition coefficient (Wildman–Crippen LogP) is 3.02. The Hall–Kier alpha value is -1.79. The van der Waals surface area contributed by atoms with Gasteiger partial charge in [-0.25, -0.2) is 0 Å². The Morgan fingerprint density at radius 1 is 1.09 bits per heavy atom. The van der Waals surface area contributed by atoms with Crippen molar-refractivity contribution in [2.24, 2.45) is 0 Å². The molecule has 3 aromatic rings. The maximum absolute atomic E-state index is 4.76. The van der Waals surface area contributed by atoms with Gasteiger partial charge in [0.1, 0.15) is 0 Å². The number of fused-ring (bicyclic) bond motifs is 1. The molecule has 1 N–H and O–H groups in total. The van der Waals surface area contributed by atoms with Crippen molar-refractivity contribution in [3.05, 3.63) is 46.7 Å². The van der Waals surface area contributed by atoms with E-state index in [1.807, 2.05) is 28.8 Å². The Labute approximate surface area is 136 Å². The van der Waals surface area contributed by atoms with Gasteiger partial charge in [-0.15, -0.1) is 10.2 Å². The highest BCUT2D eigenvalue weighted by Crippen LogP contribution is 2.24. The van der Waals surface area contributed by atoms with E-state index >= 15 is 0 Å². The van der Waals surface area contributed by atoms with Crippen molar-refractivity contribution < 1.29 is 0 Å². The number of aromatic nitrogens is 4. The van der Waals surface area contributed by atoms with Crippen LogP contribution in [0.15, 0.2) is 40.9 Å². The zero-order valence-electron chi connectivity index (χ0n) is 12.0. The average molecular weight is 358 g/mol. The maximum atomic E-state index is 4.76. The first kappa shape index (κ1) is 13.8. The van der Waals surface area contributed by atoms with Crippen LogP contribution in [0.2, 0.25) is 0 Å². The first-order chi connectivity index (χ1) is 10.8. The van der Waals surface area contributed by atoms with Crippen molar-refractivity contribution >= 4 is 21.6 Å². The summed E-state index contributed by atoms with van der Waals surface area (Å²) in [4.78, 5) is 0. The van der Waals surface area contributed by atoms with E-state index in [2.05, 4.69) is 43.6 Å². The van der Waals surface area contributed by atoms with E-state index in [1.165, 1.54) is 6.42 Å². The molecule has 0 spiro atoms. The highest BCUT2D eigenvalue weighted by Gasteiger charge is 2.21. The highest BCUT2D eigenvalue weighted by molar-refractivity contribution is 9.10. The van der Waals surface area contributed by atoms with Gasteiger partial charge in [0.2, 0.25) is 0 Å². The molecule has 0 amide bonds. The molecule has 1 aliphatic rings. The second-order valence-corrected chi connectivity index (χ2v) is 6.51. The number of hydrogen-bond acceptors (Lipinski definition) is 4. The molecule has 0 saturated carbocycles. The van der Waals surface area contributed by atoms with E-state index in [0.29, 0.717) is 5.92 Å². The summed E-state index contributed by atoms with van der Waals surface area (Å²) in [5.74, 6) is 1.34. The normalized spacial score (nSPS) is 18.7. The number of rotatable bonds is 2. The van der Waals surface area contributed by atoms with E-state index in [4.69, 9.17) is 5.10 Å². The van der Waals surface area contributed by atoms with E-state index < -0.39 is 0 Å². The topological polar surface area (TPSA) is 55.1 Å². The number of piperidine rings is 1. The lowest BCUT2D eigenvalue weighted by Crippen LogP contribution is -2.29. The molecule has 6 heteroatoms. The monoisotopic (exact) mass is 357 g/mol. The number of halogens is 1. The molecule has 2 aromatic heterocycles. The summed E-state index contributed by atoms with van der Waals surface area (Å²) in [7, 11) is 0. The second kappa shape index (κ2) is 5.78. The highest BCUT2D eigenvalue weighted by atomic mass is 79.9. The largest absolute Gasteiger partial charge is 0.316 e. The molecule has 1 saturated heterocycles. The van der Waals surface area contributed by atoms with Gasteiger partial charge in [0, 0.05) is 22.5 Å². The summed E-state index contributed by atoms with van der Waals surface area (Å²) in [6.07, 6.45) is 2.31. The maximum Gasteiger partial charge on any atom is 0.177 e. The molecule has 0 aliphatic carbocycles. The minimum Gasteiger partial charge on any atom is -0.316 e. The van der Waals surface area contributed by atoms with Crippen LogP contribution in [-0.2, 0) is 0 Å². The zero-order valence-corrected chi connectivity index (χ0v) is 13.6. The fraction of sp³-hybridized carbons (Fsp3) is 0.312. The summed E-state index contributed by atoms with van der Waals surface area (Å²) < 4.78 is 2.96. The number of hydrogen-bond donors (Lipinski definition) is 1. The molecule has 1 aliphatic heterocycles. The fourth-order valence-corrected chi connectivity index (χ4v) is 3.17. The summed E-state index contributed by atoms with van der Waals surface area (Å²) in [6, 6.07) is 12.2. The third-order valence-electron chi connectivity index (χ3n) is 4.09. The Balaban J connectivity index is 1.77. The molecule has 0 radical (unpaired) electrons. The van der Waals surface area contributed by atoms with Gasteiger partial charge in [-0.3, -0.25) is 0 Å². The summed E-state index contributed by atoms with van der Waals surface area (Å²) in [5, 5.41) is 16.8. The van der Waals surface area contributed by atoms with Gasteiger partial charge in [0.15, 0.2) is 11.5 Å². The molecule has 1 fully saturated rings. The number of nitrogens with zero attached hydrogens (tertiary/aromatic N) is 4. The standard InChI is InChI=1S/C16H16BrN5/c17-13-5-3-11(4-6-13)14-7-8-15-19-20-16(22(15)21-14)12-2-1-9-18-10-12/h3-8,12,18H,1-2,9-10H2. The third-order valence-corrected chi connectivity index (χ3v) is 4.62. The predicted molar refractivity (Wildman–Crippen MR) is 88.8 cm³/mol. The van der Waals surface area contributed by atoms with Gasteiger partial charge in [-0.1, -0.05) is 28.1 Å². The summed E-state index contributed by atoms with van der Waals surface area (Å²) >= 11 is 3.46. The second-order valence-electron chi connectivity index (χ2n) is 5.60. The average Bonchev–Trinajstić information content (AvgIpc) is 2.99. The van der Waals surface area contributed by atoms with Crippen molar-refractivity contribution in [3.8, 4) is 11.3 Å². The van der Waals surface area contributed by atoms with E-state index in [1.54, 1.807) is 0 Å². The number of nitrogens with one attached hydrogen (secondary N) is 1. The summed E-state index contributed by atoms with van der Waals surface area (Å²) in [6.45, 7) is 2.04. The zero-order chi connectivity index (χ0) is 14.9. The molecule has 5 nitrogen and oxygen atoms in total. The molecular formula is C16H16BrN5. The van der Waals surface area contributed by atoms with E-state index in [0.717, 1.165) is 46.7 Å². The van der Waals surface area contributed by atoms with Crippen LogP contribution in [0.3, 0.4) is 0 Å². The Morgan fingerprint density at radius 2 is 1.95 bits per heavy atom. The van der Waals surface area contributed by atoms with Gasteiger partial charge in [0.05, 0.1) is 5.69 Å². The third kappa shape index (κ3) is 2.53. The Morgan fingerprint density at radius 3 is 2.73 bits per heavy atom. The molecule has 112 valence electrons. The Kier molecular flexibility index (Phi) is 3.63. The van der Waals surface area contributed by atoms with Crippen LogP contribution in [0.1, 0.15) is 24.6 Å². The van der Waals surface area contributed by atoms with Crippen molar-refractivity contribution in [2.45, 2.75) is 18.8 Å². The molecule has 22 heavy (non-hydrogen) atoms. The van der Waals surface area contributed by atoms with Gasteiger partial charge in [0.25, 0.3) is 0 Å². The molecule has 3 heterocycles. The van der Waals surface area contributed by atoms with Crippen LogP contribution in [0.25, 0.3) is 16.9 Å². The quantitative estimate of drug-likeness (QED) is 0.765. The van der Waals surface area contributed by atoms with Crippen molar-refractivity contribution in [1.29, 1.82) is 0 Å². The van der Waals surface area contributed by atoms with Crippen LogP contribution in [0, 0.1) is 0 Å². The first-order valence-corrected chi connectivity index (χ1v) is 8.29. The van der Waals surface area contributed by atoms with E-state index in [-0.39, 0.29) is 0 Å². The molecular weight excluding hydrogens is 342 g/mol. The SMILES string of the molecule is Brc1ccc(-c2ccc3nnc(C4CCCNC4)n3n2)cc1. The summed E-state index contributed by atoms with van der Waals surface area (Å²) in [5.41, 5.74) is 2.83. The minimum atomic E-state index is 0.386. The van der Waals surface area contributed by atoms with Crippen LogP contribution < -0.4 is 5.32 Å². The molecule has 1 unspecified atom stereocenters. The van der Waals surface area contributed by atoms with Crippen LogP contribution in [0.4, 0.5) is 0 Å². The van der Waals surface area contributed by atoms with Gasteiger partial charge in [-0.05, 0) is 43.7 Å². The molecule has 4 rings (SSSR count). The molecule has 0 bridgehead atoms. The van der Waals surface area contributed by atoms with Gasteiger partial charge < -0.3 is 5.32 Å². The van der Waals surface area contributed by atoms with Gasteiger partial charge >= 0.3 is 0 Å². The molecule has 1 aromatic carbocycles. The van der Waals surface area contributed by atoms with Gasteiger partial charge in [-0.2, -0.15) is 9.61 Å². The lowest BCUT2D eigenvalue weighted by atomic mass is 9.99. The van der Waals surface area contributed by atoms with Crippen LogP contribution in [-0.4, -0.2) is 32.9 Å². The number of benzene rings is 1. The lowest BCUT2D eigenvalue weighted by Gasteiger charge is -2.20. The lowest BCUT2D eigenvalue weighted by molar-refractivity contribution is 0.440. The van der Waals surface area contributed by atoms with Crippen molar-refractivity contribution in [1.82, 2.24) is 25.1 Å². The Bertz CT molecular complexity index is 790. The smallest absolute Gasteiger partial charge is 0.177 e.